The van der Waals surface area contributed by atoms with E-state index >= 15 is 0 Å². The maximum absolute atomic E-state index is 9.18. The summed E-state index contributed by atoms with van der Waals surface area (Å²) in [6.07, 6.45) is 0.764. The number of rotatable bonds is 14. The zero-order valence-corrected chi connectivity index (χ0v) is 12.4. The lowest BCUT2D eigenvalue weighted by Gasteiger charge is -2.26. The summed E-state index contributed by atoms with van der Waals surface area (Å²) in [6.45, 7) is 6.13. The largest absolute Gasteiger partial charge is 0.394 e. The molecular weight excluding hydrogens is 250 g/mol. The lowest BCUT2D eigenvalue weighted by molar-refractivity contribution is 0.0000459. The van der Waals surface area contributed by atoms with Gasteiger partial charge >= 0.3 is 0 Å². The Morgan fingerprint density at radius 1 is 0.895 bits per heavy atom. The quantitative estimate of drug-likeness (QED) is 0.438. The molecule has 2 N–H and O–H groups in total. The number of nitrogens with one attached hydrogen (secondary N) is 1. The first-order valence-corrected chi connectivity index (χ1v) is 6.70. The minimum atomic E-state index is -0.268. The van der Waals surface area contributed by atoms with E-state index in [0.717, 1.165) is 6.42 Å². The van der Waals surface area contributed by atoms with Crippen LogP contribution in [-0.4, -0.2) is 77.7 Å². The molecule has 0 aliphatic heterocycles. The molecule has 0 radical (unpaired) electrons. The van der Waals surface area contributed by atoms with Crippen LogP contribution >= 0.6 is 0 Å². The van der Waals surface area contributed by atoms with Crippen LogP contribution in [-0.2, 0) is 18.9 Å². The molecule has 0 bridgehead atoms. The van der Waals surface area contributed by atoms with Crippen molar-refractivity contribution in [2.24, 2.45) is 0 Å². The fraction of sp³-hybridized carbons (Fsp3) is 1.00. The fourth-order valence-electron chi connectivity index (χ4n) is 1.26. The van der Waals surface area contributed by atoms with Gasteiger partial charge < -0.3 is 29.4 Å². The Morgan fingerprint density at radius 3 is 1.79 bits per heavy atom. The summed E-state index contributed by atoms with van der Waals surface area (Å²) in [5.41, 5.74) is -0.268. The Balaban J connectivity index is 3.19. The third kappa shape index (κ3) is 11.3. The molecule has 1 unspecified atom stereocenters. The number of aliphatic hydroxyl groups is 1. The highest BCUT2D eigenvalue weighted by molar-refractivity contribution is 4.79. The molecule has 0 rings (SSSR count). The van der Waals surface area contributed by atoms with Crippen LogP contribution in [0.5, 0.6) is 0 Å². The van der Waals surface area contributed by atoms with E-state index in [0.29, 0.717) is 46.2 Å². The Labute approximate surface area is 116 Å². The first kappa shape index (κ1) is 18.8. The summed E-state index contributed by atoms with van der Waals surface area (Å²) < 4.78 is 20.9. The van der Waals surface area contributed by atoms with Crippen molar-refractivity contribution in [1.82, 2.24) is 5.32 Å². The summed E-state index contributed by atoms with van der Waals surface area (Å²) in [6, 6.07) is 0. The van der Waals surface area contributed by atoms with Crippen LogP contribution in [0.25, 0.3) is 0 Å². The molecule has 116 valence electrons. The monoisotopic (exact) mass is 279 g/mol. The molecule has 0 amide bonds. The number of likely N-dealkylation sites (N-methyl/N-ethyl adjacent to an activating group) is 1. The van der Waals surface area contributed by atoms with Crippen LogP contribution in [0.1, 0.15) is 13.3 Å². The topological polar surface area (TPSA) is 69.2 Å². The second kappa shape index (κ2) is 12.8. The predicted octanol–water partition coefficient (Wildman–Crippen LogP) is 0.0431. The number of ether oxygens (including phenoxy) is 4. The van der Waals surface area contributed by atoms with Crippen LogP contribution in [0.3, 0.4) is 0 Å². The smallest absolute Gasteiger partial charge is 0.0701 e. The van der Waals surface area contributed by atoms with Gasteiger partial charge in [0.15, 0.2) is 0 Å². The van der Waals surface area contributed by atoms with Crippen molar-refractivity contribution in [3.05, 3.63) is 0 Å². The van der Waals surface area contributed by atoms with E-state index in [1.54, 1.807) is 7.11 Å². The minimum Gasteiger partial charge on any atom is -0.394 e. The SMILES string of the molecule is CNC(C)(CO)CCOCCOCCOCCOC. The van der Waals surface area contributed by atoms with E-state index in [1.165, 1.54) is 0 Å². The van der Waals surface area contributed by atoms with Crippen LogP contribution in [0, 0.1) is 0 Å². The highest BCUT2D eigenvalue weighted by Crippen LogP contribution is 2.07. The van der Waals surface area contributed by atoms with Gasteiger partial charge in [0.25, 0.3) is 0 Å². The van der Waals surface area contributed by atoms with Gasteiger partial charge in [-0.2, -0.15) is 0 Å². The van der Waals surface area contributed by atoms with Gasteiger partial charge in [-0.25, -0.2) is 0 Å². The van der Waals surface area contributed by atoms with Gasteiger partial charge in [0.1, 0.15) is 0 Å². The molecule has 0 aliphatic rings. The van der Waals surface area contributed by atoms with E-state index in [9.17, 15) is 5.11 Å². The zero-order valence-electron chi connectivity index (χ0n) is 12.4. The molecule has 0 aromatic rings. The summed E-state index contributed by atoms with van der Waals surface area (Å²) in [5.74, 6) is 0. The van der Waals surface area contributed by atoms with Crippen LogP contribution in [0.15, 0.2) is 0 Å². The van der Waals surface area contributed by atoms with E-state index in [1.807, 2.05) is 14.0 Å². The average molecular weight is 279 g/mol. The fourth-order valence-corrected chi connectivity index (χ4v) is 1.26. The van der Waals surface area contributed by atoms with Crippen molar-refractivity contribution >= 4 is 0 Å². The molecule has 0 aliphatic carbocycles. The second-order valence-corrected chi connectivity index (χ2v) is 4.55. The molecular formula is C13H29NO5. The van der Waals surface area contributed by atoms with Crippen molar-refractivity contribution in [3.8, 4) is 0 Å². The van der Waals surface area contributed by atoms with Crippen molar-refractivity contribution in [2.75, 3.05) is 67.0 Å². The van der Waals surface area contributed by atoms with Gasteiger partial charge in [0.2, 0.25) is 0 Å². The first-order chi connectivity index (χ1) is 9.18. The highest BCUT2D eigenvalue weighted by atomic mass is 16.6. The third-order valence-corrected chi connectivity index (χ3v) is 2.93. The standard InChI is InChI=1S/C13H29NO5/c1-13(12-15,14-2)4-5-17-8-9-19-11-10-18-7-6-16-3/h14-15H,4-12H2,1-3H3. The predicted molar refractivity (Wildman–Crippen MR) is 73.5 cm³/mol. The first-order valence-electron chi connectivity index (χ1n) is 6.70. The molecule has 0 spiro atoms. The average Bonchev–Trinajstić information content (AvgIpc) is 2.44. The number of hydrogen-bond acceptors (Lipinski definition) is 6. The third-order valence-electron chi connectivity index (χ3n) is 2.93. The van der Waals surface area contributed by atoms with Gasteiger partial charge in [0.05, 0.1) is 46.2 Å². The normalized spacial score (nSPS) is 14.5. The molecule has 6 heteroatoms. The summed E-state index contributed by atoms with van der Waals surface area (Å²) >= 11 is 0. The molecule has 0 saturated carbocycles. The van der Waals surface area contributed by atoms with Crippen molar-refractivity contribution < 1.29 is 24.1 Å². The van der Waals surface area contributed by atoms with Crippen molar-refractivity contribution in [1.29, 1.82) is 0 Å². The van der Waals surface area contributed by atoms with Crippen LogP contribution in [0.4, 0.5) is 0 Å². The van der Waals surface area contributed by atoms with E-state index < -0.39 is 0 Å². The van der Waals surface area contributed by atoms with E-state index in [2.05, 4.69) is 5.32 Å². The lowest BCUT2D eigenvalue weighted by Crippen LogP contribution is -2.44. The number of methoxy groups -OCH3 is 1. The van der Waals surface area contributed by atoms with Gasteiger partial charge in [-0.05, 0) is 20.4 Å². The van der Waals surface area contributed by atoms with Crippen molar-refractivity contribution in [2.45, 2.75) is 18.9 Å². The van der Waals surface area contributed by atoms with Gasteiger partial charge in [-0.1, -0.05) is 0 Å². The molecule has 0 fully saturated rings. The molecule has 19 heavy (non-hydrogen) atoms. The second-order valence-electron chi connectivity index (χ2n) is 4.55. The molecule has 0 aromatic heterocycles. The van der Waals surface area contributed by atoms with Crippen LogP contribution in [0.2, 0.25) is 0 Å². The number of aliphatic hydroxyl groups excluding tert-OH is 1. The summed E-state index contributed by atoms with van der Waals surface area (Å²) in [4.78, 5) is 0. The van der Waals surface area contributed by atoms with Crippen molar-refractivity contribution in [3.63, 3.8) is 0 Å². The van der Waals surface area contributed by atoms with Crippen LogP contribution < -0.4 is 5.32 Å². The maximum atomic E-state index is 9.18. The Hall–Kier alpha value is -0.240. The highest BCUT2D eigenvalue weighted by Gasteiger charge is 2.19. The van der Waals surface area contributed by atoms with Gasteiger partial charge in [0, 0.05) is 19.3 Å². The van der Waals surface area contributed by atoms with E-state index in [-0.39, 0.29) is 12.1 Å². The molecule has 6 nitrogen and oxygen atoms in total. The Kier molecular flexibility index (Phi) is 12.6. The lowest BCUT2D eigenvalue weighted by atomic mass is 10.0. The summed E-state index contributed by atoms with van der Waals surface area (Å²) in [7, 11) is 3.48. The zero-order chi connectivity index (χ0) is 14.4. The van der Waals surface area contributed by atoms with Gasteiger partial charge in [-0.3, -0.25) is 0 Å². The molecule has 0 saturated heterocycles. The Morgan fingerprint density at radius 2 is 1.37 bits per heavy atom. The van der Waals surface area contributed by atoms with E-state index in [4.69, 9.17) is 18.9 Å². The molecule has 0 aromatic carbocycles. The number of hydrogen-bond donors (Lipinski definition) is 2. The molecule has 1 atom stereocenters. The minimum absolute atomic E-state index is 0.0994. The molecule has 0 heterocycles. The van der Waals surface area contributed by atoms with Gasteiger partial charge in [-0.15, -0.1) is 0 Å². The maximum Gasteiger partial charge on any atom is 0.0701 e. The summed E-state index contributed by atoms with van der Waals surface area (Å²) in [5, 5.41) is 12.3. The Bertz CT molecular complexity index is 188.